The van der Waals surface area contributed by atoms with Gasteiger partial charge in [0.25, 0.3) is 0 Å². The maximum atomic E-state index is 14.1. The molecule has 0 N–H and O–H groups in total. The topological polar surface area (TPSA) is 98.8 Å². The number of ether oxygens (including phenoxy) is 5. The second kappa shape index (κ2) is 11.3. The van der Waals surface area contributed by atoms with Gasteiger partial charge in [-0.1, -0.05) is 0 Å². The van der Waals surface area contributed by atoms with Crippen LogP contribution in [0.15, 0.2) is 0 Å². The van der Waals surface area contributed by atoms with E-state index in [0.29, 0.717) is 6.42 Å². The molecule has 9 nitrogen and oxygen atoms in total. The largest absolute Gasteiger partial charge is 0.457 e. The van der Waals surface area contributed by atoms with E-state index < -0.39 is 53.4 Å². The second-order valence-electron chi connectivity index (χ2n) is 9.38. The first-order valence-corrected chi connectivity index (χ1v) is 15.4. The molecule has 3 aliphatic heterocycles. The van der Waals surface area contributed by atoms with E-state index in [2.05, 4.69) is 0 Å². The minimum Gasteiger partial charge on any atom is -0.457 e. The van der Waals surface area contributed by atoms with Crippen molar-refractivity contribution in [2.75, 3.05) is 31.3 Å². The van der Waals surface area contributed by atoms with E-state index in [1.54, 1.807) is 23.5 Å². The second-order valence-corrected chi connectivity index (χ2v) is 15.3. The summed E-state index contributed by atoms with van der Waals surface area (Å²) in [4.78, 5) is 12.1. The minimum absolute atomic E-state index is 0.253. The highest BCUT2D eigenvalue weighted by Gasteiger charge is 2.59. The molecule has 198 valence electrons. The molecular formula is C22H39O9PS2. The normalized spacial score (nSPS) is 31.3. The summed E-state index contributed by atoms with van der Waals surface area (Å²) in [6.07, 6.45) is -1.15. The predicted octanol–water partition coefficient (Wildman–Crippen LogP) is 4.77. The van der Waals surface area contributed by atoms with Gasteiger partial charge < -0.3 is 32.7 Å². The van der Waals surface area contributed by atoms with Crippen molar-refractivity contribution in [2.24, 2.45) is 0 Å². The molecule has 0 bridgehead atoms. The van der Waals surface area contributed by atoms with Gasteiger partial charge in [-0.05, 0) is 59.5 Å². The summed E-state index contributed by atoms with van der Waals surface area (Å²) in [6.45, 7) is 13.1. The molecule has 4 atom stereocenters. The zero-order valence-electron chi connectivity index (χ0n) is 21.2. The summed E-state index contributed by atoms with van der Waals surface area (Å²) in [6, 6.07) is 0. The van der Waals surface area contributed by atoms with E-state index in [4.69, 9.17) is 32.7 Å². The number of esters is 1. The van der Waals surface area contributed by atoms with Gasteiger partial charge in [-0.3, -0.25) is 9.36 Å². The van der Waals surface area contributed by atoms with E-state index in [1.165, 1.54) is 6.92 Å². The summed E-state index contributed by atoms with van der Waals surface area (Å²) >= 11 is 3.19. The molecular weight excluding hydrogens is 503 g/mol. The lowest BCUT2D eigenvalue weighted by Crippen LogP contribution is -2.49. The van der Waals surface area contributed by atoms with Crippen molar-refractivity contribution in [3.63, 3.8) is 0 Å². The summed E-state index contributed by atoms with van der Waals surface area (Å²) < 4.78 is 55.1. The Hall–Kier alpha value is 0.160. The van der Waals surface area contributed by atoms with Crippen LogP contribution in [0.2, 0.25) is 0 Å². The Balaban J connectivity index is 1.95. The average molecular weight is 543 g/mol. The standard InChI is InChI=1S/C22H39O9PS2/c1-8-26-32(24,27-9-2)22(33-11-10-12-34-22)13-16-19(31-21(6,7)29-16)18(28-15(3)23)17-14-25-20(4,5)30-17/h16-19H,8-14H2,1-7H3/t16-,17-,18-,19-/m1/s1. The lowest BCUT2D eigenvalue weighted by Gasteiger charge is -2.42. The molecule has 3 rings (SSSR count). The lowest BCUT2D eigenvalue weighted by atomic mass is 10.0. The Morgan fingerprint density at radius 1 is 1.03 bits per heavy atom. The molecule has 0 saturated carbocycles. The maximum absolute atomic E-state index is 14.1. The molecule has 0 radical (unpaired) electrons. The number of carbonyl (C=O) groups is 1. The third-order valence-electron chi connectivity index (χ3n) is 5.66. The molecule has 0 unspecified atom stereocenters. The molecule has 0 spiro atoms. The zero-order chi connectivity index (χ0) is 25.2. The van der Waals surface area contributed by atoms with Crippen LogP contribution in [0.5, 0.6) is 0 Å². The van der Waals surface area contributed by atoms with Crippen LogP contribution in [0.4, 0.5) is 0 Å². The van der Waals surface area contributed by atoms with Crippen LogP contribution in [0.25, 0.3) is 0 Å². The molecule has 12 heteroatoms. The van der Waals surface area contributed by atoms with Gasteiger partial charge in [0.15, 0.2) is 21.5 Å². The van der Waals surface area contributed by atoms with E-state index in [0.717, 1.165) is 17.9 Å². The van der Waals surface area contributed by atoms with E-state index in [9.17, 15) is 9.36 Å². The van der Waals surface area contributed by atoms with Crippen molar-refractivity contribution in [3.05, 3.63) is 0 Å². The molecule has 34 heavy (non-hydrogen) atoms. The first kappa shape index (κ1) is 28.7. The van der Waals surface area contributed by atoms with Gasteiger partial charge >= 0.3 is 13.6 Å². The maximum Gasteiger partial charge on any atom is 0.356 e. The van der Waals surface area contributed by atoms with Crippen LogP contribution < -0.4 is 0 Å². The molecule has 0 aromatic rings. The number of hydrogen-bond donors (Lipinski definition) is 0. The van der Waals surface area contributed by atoms with Gasteiger partial charge in [0.05, 0.1) is 25.9 Å². The van der Waals surface area contributed by atoms with Crippen molar-refractivity contribution >= 4 is 37.1 Å². The lowest BCUT2D eigenvalue weighted by molar-refractivity contribution is -0.193. The summed E-state index contributed by atoms with van der Waals surface area (Å²) in [5.41, 5.74) is 0. The van der Waals surface area contributed by atoms with Gasteiger partial charge in [0.2, 0.25) is 0 Å². The molecule has 0 aromatic carbocycles. The van der Waals surface area contributed by atoms with Crippen LogP contribution in [-0.4, -0.2) is 77.1 Å². The number of carbonyl (C=O) groups excluding carboxylic acids is 1. The van der Waals surface area contributed by atoms with Crippen molar-refractivity contribution in [3.8, 4) is 0 Å². The third kappa shape index (κ3) is 6.53. The van der Waals surface area contributed by atoms with E-state index in [1.807, 2.05) is 41.5 Å². The van der Waals surface area contributed by atoms with Gasteiger partial charge in [0.1, 0.15) is 12.2 Å². The van der Waals surface area contributed by atoms with Crippen molar-refractivity contribution in [1.82, 2.24) is 0 Å². The number of rotatable bonds is 10. The molecule has 0 aliphatic carbocycles. The predicted molar refractivity (Wildman–Crippen MR) is 132 cm³/mol. The number of hydrogen-bond acceptors (Lipinski definition) is 11. The summed E-state index contributed by atoms with van der Waals surface area (Å²) in [7, 11) is -3.52. The van der Waals surface area contributed by atoms with Crippen LogP contribution in [0, 0.1) is 0 Å². The highest BCUT2D eigenvalue weighted by Crippen LogP contribution is 2.73. The fraction of sp³-hybridized carbons (Fsp3) is 0.955. The van der Waals surface area contributed by atoms with Gasteiger partial charge in [-0.15, -0.1) is 23.5 Å². The Morgan fingerprint density at radius 2 is 1.65 bits per heavy atom. The molecule has 0 amide bonds. The average Bonchev–Trinajstić information content (AvgIpc) is 3.24. The Labute approximate surface area is 211 Å². The highest BCUT2D eigenvalue weighted by molar-refractivity contribution is 8.25. The van der Waals surface area contributed by atoms with Gasteiger partial charge in [0, 0.05) is 13.3 Å². The van der Waals surface area contributed by atoms with Crippen molar-refractivity contribution in [2.45, 2.75) is 101 Å². The smallest absolute Gasteiger partial charge is 0.356 e. The Kier molecular flexibility index (Phi) is 9.52. The molecule has 3 aliphatic rings. The van der Waals surface area contributed by atoms with Gasteiger partial charge in [-0.2, -0.15) is 0 Å². The van der Waals surface area contributed by atoms with Crippen LogP contribution in [-0.2, 0) is 42.1 Å². The molecule has 3 heterocycles. The van der Waals surface area contributed by atoms with E-state index >= 15 is 0 Å². The first-order valence-electron chi connectivity index (χ1n) is 11.9. The summed E-state index contributed by atoms with van der Waals surface area (Å²) in [5, 5.41) is 0. The Bertz CT molecular complexity index is 747. The van der Waals surface area contributed by atoms with E-state index in [-0.39, 0.29) is 19.8 Å². The van der Waals surface area contributed by atoms with Crippen LogP contribution in [0.3, 0.4) is 0 Å². The third-order valence-corrected chi connectivity index (χ3v) is 12.9. The number of thioether (sulfide) groups is 2. The summed E-state index contributed by atoms with van der Waals surface area (Å²) in [5.74, 6) is -0.519. The molecule has 3 fully saturated rings. The molecule has 3 saturated heterocycles. The quantitative estimate of drug-likeness (QED) is 0.282. The highest BCUT2D eigenvalue weighted by atomic mass is 32.2. The van der Waals surface area contributed by atoms with Crippen LogP contribution >= 0.6 is 31.1 Å². The monoisotopic (exact) mass is 542 g/mol. The fourth-order valence-electron chi connectivity index (χ4n) is 4.50. The first-order chi connectivity index (χ1) is 15.9. The van der Waals surface area contributed by atoms with Gasteiger partial charge in [-0.25, -0.2) is 0 Å². The van der Waals surface area contributed by atoms with Crippen LogP contribution in [0.1, 0.15) is 61.3 Å². The fourth-order valence-corrected chi connectivity index (χ4v) is 11.3. The Morgan fingerprint density at radius 3 is 2.15 bits per heavy atom. The van der Waals surface area contributed by atoms with Crippen molar-refractivity contribution in [1.29, 1.82) is 0 Å². The molecule has 0 aromatic heterocycles. The van der Waals surface area contributed by atoms with Crippen molar-refractivity contribution < 1.29 is 42.1 Å². The minimum atomic E-state index is -3.52. The zero-order valence-corrected chi connectivity index (χ0v) is 23.7. The SMILES string of the molecule is CCOP(=O)(OCC)C1(C[C@H]2OC(C)(C)O[C@H]2[C@H](OC(C)=O)[C@H]2COC(C)(C)O2)SCCCS1.